The Kier molecular flexibility index (Phi) is 4.83. The highest BCUT2D eigenvalue weighted by Crippen LogP contribution is 2.23. The molecule has 6 heteroatoms. The number of carbonyl (C=O) groups excluding carboxylic acids is 1. The third kappa shape index (κ3) is 3.22. The second-order valence-electron chi connectivity index (χ2n) is 5.39. The van der Waals surface area contributed by atoms with Crippen molar-refractivity contribution in [2.75, 3.05) is 31.1 Å². The molecule has 110 valence electrons. The molecule has 1 amide bonds. The molecule has 0 unspecified atom stereocenters. The lowest BCUT2D eigenvalue weighted by molar-refractivity contribution is -0.133. The van der Waals surface area contributed by atoms with Crippen LogP contribution in [-0.2, 0) is 4.79 Å². The minimum absolute atomic E-state index is 0.0340. The van der Waals surface area contributed by atoms with Gasteiger partial charge in [-0.2, -0.15) is 0 Å². The molecule has 0 aliphatic carbocycles. The van der Waals surface area contributed by atoms with E-state index in [1.807, 2.05) is 30.9 Å². The van der Waals surface area contributed by atoms with Gasteiger partial charge in [0, 0.05) is 32.4 Å². The summed E-state index contributed by atoms with van der Waals surface area (Å²) in [6.45, 7) is 6.71. The van der Waals surface area contributed by atoms with Crippen LogP contribution in [0.15, 0.2) is 18.3 Å². The molecule has 1 aromatic rings. The first kappa shape index (κ1) is 15.1. The summed E-state index contributed by atoms with van der Waals surface area (Å²) >= 11 is 6.14. The SMILES string of the molecule is CC(C)[C@H](N)C(=O)N1CCN(c2ncccc2Cl)CC1. The van der Waals surface area contributed by atoms with Gasteiger partial charge in [-0.3, -0.25) is 4.79 Å². The summed E-state index contributed by atoms with van der Waals surface area (Å²) in [5.74, 6) is 0.979. The fourth-order valence-electron chi connectivity index (χ4n) is 2.24. The van der Waals surface area contributed by atoms with Crippen molar-refractivity contribution in [1.82, 2.24) is 9.88 Å². The van der Waals surface area contributed by atoms with Crippen LogP contribution in [0, 0.1) is 5.92 Å². The minimum Gasteiger partial charge on any atom is -0.352 e. The van der Waals surface area contributed by atoms with Gasteiger partial charge in [-0.05, 0) is 18.1 Å². The molecular formula is C14H21ClN4O. The van der Waals surface area contributed by atoms with Gasteiger partial charge in [0.15, 0.2) is 0 Å². The third-order valence-corrected chi connectivity index (χ3v) is 3.93. The Labute approximate surface area is 124 Å². The van der Waals surface area contributed by atoms with Gasteiger partial charge in [-0.15, -0.1) is 0 Å². The Bertz CT molecular complexity index is 472. The van der Waals surface area contributed by atoms with Crippen molar-refractivity contribution < 1.29 is 4.79 Å². The van der Waals surface area contributed by atoms with E-state index in [1.54, 1.807) is 6.20 Å². The molecule has 1 atom stereocenters. The number of rotatable bonds is 3. The van der Waals surface area contributed by atoms with E-state index in [-0.39, 0.29) is 11.8 Å². The summed E-state index contributed by atoms with van der Waals surface area (Å²) in [6, 6.07) is 3.23. The molecule has 0 bridgehead atoms. The van der Waals surface area contributed by atoms with Crippen molar-refractivity contribution in [2.45, 2.75) is 19.9 Å². The molecule has 2 rings (SSSR count). The molecule has 0 spiro atoms. The lowest BCUT2D eigenvalue weighted by atomic mass is 10.0. The maximum atomic E-state index is 12.2. The van der Waals surface area contributed by atoms with Crippen LogP contribution < -0.4 is 10.6 Å². The van der Waals surface area contributed by atoms with Gasteiger partial charge in [0.1, 0.15) is 5.82 Å². The van der Waals surface area contributed by atoms with E-state index < -0.39 is 6.04 Å². The molecule has 2 heterocycles. The van der Waals surface area contributed by atoms with Crippen LogP contribution >= 0.6 is 11.6 Å². The van der Waals surface area contributed by atoms with E-state index in [1.165, 1.54) is 0 Å². The van der Waals surface area contributed by atoms with Crippen molar-refractivity contribution in [3.8, 4) is 0 Å². The fraction of sp³-hybridized carbons (Fsp3) is 0.571. The van der Waals surface area contributed by atoms with E-state index in [2.05, 4.69) is 9.88 Å². The van der Waals surface area contributed by atoms with Crippen LogP contribution in [0.4, 0.5) is 5.82 Å². The van der Waals surface area contributed by atoms with E-state index in [0.29, 0.717) is 18.1 Å². The molecule has 5 nitrogen and oxygen atoms in total. The summed E-state index contributed by atoms with van der Waals surface area (Å²) in [6.07, 6.45) is 1.73. The molecule has 2 N–H and O–H groups in total. The van der Waals surface area contributed by atoms with Crippen LogP contribution in [0.5, 0.6) is 0 Å². The highest BCUT2D eigenvalue weighted by atomic mass is 35.5. The number of nitrogens with two attached hydrogens (primary N) is 1. The summed E-state index contributed by atoms with van der Waals surface area (Å²) in [5, 5.41) is 0.645. The van der Waals surface area contributed by atoms with E-state index in [4.69, 9.17) is 17.3 Å². The lowest BCUT2D eigenvalue weighted by Gasteiger charge is -2.37. The zero-order chi connectivity index (χ0) is 14.7. The maximum absolute atomic E-state index is 12.2. The van der Waals surface area contributed by atoms with Gasteiger partial charge in [-0.1, -0.05) is 25.4 Å². The standard InChI is InChI=1S/C14H21ClN4O/c1-10(2)12(16)14(20)19-8-6-18(7-9-19)13-11(15)4-3-5-17-13/h3-5,10,12H,6-9,16H2,1-2H3/t12-/m0/s1. The van der Waals surface area contributed by atoms with Crippen LogP contribution in [0.3, 0.4) is 0 Å². The number of anilines is 1. The van der Waals surface area contributed by atoms with E-state index in [0.717, 1.165) is 18.9 Å². The second-order valence-corrected chi connectivity index (χ2v) is 5.80. The monoisotopic (exact) mass is 296 g/mol. The van der Waals surface area contributed by atoms with Crippen molar-refractivity contribution in [3.05, 3.63) is 23.4 Å². The Hall–Kier alpha value is -1.33. The minimum atomic E-state index is -0.417. The van der Waals surface area contributed by atoms with Gasteiger partial charge in [0.05, 0.1) is 11.1 Å². The van der Waals surface area contributed by atoms with E-state index >= 15 is 0 Å². The van der Waals surface area contributed by atoms with Crippen molar-refractivity contribution >= 4 is 23.3 Å². The highest BCUT2D eigenvalue weighted by Gasteiger charge is 2.27. The maximum Gasteiger partial charge on any atom is 0.239 e. The number of carbonyl (C=O) groups is 1. The summed E-state index contributed by atoms with van der Waals surface area (Å²) in [7, 11) is 0. The Morgan fingerprint density at radius 2 is 2.00 bits per heavy atom. The van der Waals surface area contributed by atoms with Gasteiger partial charge in [0.25, 0.3) is 0 Å². The zero-order valence-corrected chi connectivity index (χ0v) is 12.7. The smallest absolute Gasteiger partial charge is 0.239 e. The predicted molar refractivity (Wildman–Crippen MR) is 80.9 cm³/mol. The van der Waals surface area contributed by atoms with E-state index in [9.17, 15) is 4.79 Å². The molecule has 0 radical (unpaired) electrons. The number of hydrogen-bond donors (Lipinski definition) is 1. The quantitative estimate of drug-likeness (QED) is 0.915. The predicted octanol–water partition coefficient (Wildman–Crippen LogP) is 1.37. The normalized spacial score (nSPS) is 17.4. The largest absolute Gasteiger partial charge is 0.352 e. The van der Waals surface area contributed by atoms with Gasteiger partial charge >= 0.3 is 0 Å². The van der Waals surface area contributed by atoms with Gasteiger partial charge in [-0.25, -0.2) is 4.98 Å². The molecule has 0 aromatic carbocycles. The lowest BCUT2D eigenvalue weighted by Crippen LogP contribution is -2.54. The zero-order valence-electron chi connectivity index (χ0n) is 11.9. The highest BCUT2D eigenvalue weighted by molar-refractivity contribution is 6.32. The van der Waals surface area contributed by atoms with Gasteiger partial charge < -0.3 is 15.5 Å². The second kappa shape index (κ2) is 6.41. The molecule has 20 heavy (non-hydrogen) atoms. The van der Waals surface area contributed by atoms with Crippen molar-refractivity contribution in [1.29, 1.82) is 0 Å². The number of aromatic nitrogens is 1. The molecule has 1 aromatic heterocycles. The summed E-state index contributed by atoms with van der Waals surface area (Å²) in [4.78, 5) is 20.4. The fourth-order valence-corrected chi connectivity index (χ4v) is 2.49. The number of piperazine rings is 1. The first-order valence-corrected chi connectivity index (χ1v) is 7.28. The summed E-state index contributed by atoms with van der Waals surface area (Å²) < 4.78 is 0. The molecular weight excluding hydrogens is 276 g/mol. The molecule has 1 fully saturated rings. The number of pyridine rings is 1. The average molecular weight is 297 g/mol. The molecule has 0 saturated carbocycles. The van der Waals surface area contributed by atoms with Crippen molar-refractivity contribution in [3.63, 3.8) is 0 Å². The topological polar surface area (TPSA) is 62.5 Å². The Morgan fingerprint density at radius 1 is 1.35 bits per heavy atom. The van der Waals surface area contributed by atoms with Crippen LogP contribution in [0.1, 0.15) is 13.8 Å². The Morgan fingerprint density at radius 3 is 2.55 bits per heavy atom. The summed E-state index contributed by atoms with van der Waals surface area (Å²) in [5.41, 5.74) is 5.92. The molecule has 1 aliphatic heterocycles. The first-order chi connectivity index (χ1) is 9.50. The number of hydrogen-bond acceptors (Lipinski definition) is 4. The Balaban J connectivity index is 1.96. The number of halogens is 1. The van der Waals surface area contributed by atoms with Crippen LogP contribution in [0.2, 0.25) is 5.02 Å². The first-order valence-electron chi connectivity index (χ1n) is 6.90. The molecule has 1 saturated heterocycles. The van der Waals surface area contributed by atoms with Crippen LogP contribution in [0.25, 0.3) is 0 Å². The van der Waals surface area contributed by atoms with Crippen molar-refractivity contribution in [2.24, 2.45) is 11.7 Å². The van der Waals surface area contributed by atoms with Crippen LogP contribution in [-0.4, -0.2) is 48.0 Å². The average Bonchev–Trinajstić information content (AvgIpc) is 2.46. The molecule has 1 aliphatic rings. The third-order valence-electron chi connectivity index (χ3n) is 3.63. The number of nitrogens with zero attached hydrogens (tertiary/aromatic N) is 3. The van der Waals surface area contributed by atoms with Gasteiger partial charge in [0.2, 0.25) is 5.91 Å². The number of amides is 1.